The maximum Gasteiger partial charge on any atom is 0.274 e. The Labute approximate surface area is 183 Å². The van der Waals surface area contributed by atoms with E-state index in [1.165, 1.54) is 6.20 Å². The number of aliphatic hydroxyl groups excluding tert-OH is 1. The molecule has 0 bridgehead atoms. The summed E-state index contributed by atoms with van der Waals surface area (Å²) in [6, 6.07) is 19.3. The molecule has 5 aromatic rings. The standard InChI is InChI=1S/C24H21N5O3/c30-11-12-32-18-9-10-28-22(15-25-23(28)13-18)24(31)27-20-7-4-8-21-19(20)14-26-29(21)16-17-5-2-1-3-6-17/h1-10,13-15,30H,11-12,16H2,(H,27,31). The van der Waals surface area contributed by atoms with Gasteiger partial charge in [0.2, 0.25) is 0 Å². The number of pyridine rings is 1. The molecule has 0 fully saturated rings. The highest BCUT2D eigenvalue weighted by molar-refractivity contribution is 6.08. The Hall–Kier alpha value is -4.17. The van der Waals surface area contributed by atoms with Crippen molar-refractivity contribution in [2.75, 3.05) is 18.5 Å². The molecule has 0 aliphatic carbocycles. The van der Waals surface area contributed by atoms with E-state index >= 15 is 0 Å². The van der Waals surface area contributed by atoms with Crippen LogP contribution in [0.25, 0.3) is 16.6 Å². The molecule has 8 heteroatoms. The zero-order chi connectivity index (χ0) is 21.9. The number of ether oxygens (including phenoxy) is 1. The van der Waals surface area contributed by atoms with Crippen LogP contribution in [0.3, 0.4) is 0 Å². The van der Waals surface area contributed by atoms with Crippen LogP contribution in [0.4, 0.5) is 5.69 Å². The van der Waals surface area contributed by atoms with Gasteiger partial charge in [-0.1, -0.05) is 36.4 Å². The van der Waals surface area contributed by atoms with Crippen molar-refractivity contribution in [3.8, 4) is 5.75 Å². The van der Waals surface area contributed by atoms with E-state index in [0.29, 0.717) is 29.3 Å². The molecule has 0 unspecified atom stereocenters. The van der Waals surface area contributed by atoms with E-state index in [0.717, 1.165) is 16.5 Å². The third-order valence-electron chi connectivity index (χ3n) is 5.19. The van der Waals surface area contributed by atoms with Crippen molar-refractivity contribution in [3.05, 3.63) is 90.5 Å². The Morgan fingerprint density at radius 3 is 2.78 bits per heavy atom. The van der Waals surface area contributed by atoms with Gasteiger partial charge >= 0.3 is 0 Å². The molecule has 0 atom stereocenters. The number of fused-ring (bicyclic) bond motifs is 2. The maximum atomic E-state index is 13.0. The number of carbonyl (C=O) groups excluding carboxylic acids is 1. The number of rotatable bonds is 7. The average molecular weight is 427 g/mol. The second-order valence-corrected chi connectivity index (χ2v) is 7.29. The zero-order valence-electron chi connectivity index (χ0n) is 17.2. The van der Waals surface area contributed by atoms with Crippen molar-refractivity contribution in [2.45, 2.75) is 6.54 Å². The Kier molecular flexibility index (Phi) is 5.27. The molecule has 32 heavy (non-hydrogen) atoms. The number of amides is 1. The summed E-state index contributed by atoms with van der Waals surface area (Å²) in [7, 11) is 0. The molecule has 0 aliphatic heterocycles. The number of imidazole rings is 1. The van der Waals surface area contributed by atoms with Crippen molar-refractivity contribution in [2.24, 2.45) is 0 Å². The number of aliphatic hydroxyl groups is 1. The predicted octanol–water partition coefficient (Wildman–Crippen LogP) is 3.36. The lowest BCUT2D eigenvalue weighted by Gasteiger charge is -2.08. The van der Waals surface area contributed by atoms with Crippen molar-refractivity contribution in [3.63, 3.8) is 0 Å². The highest BCUT2D eigenvalue weighted by Crippen LogP contribution is 2.25. The second kappa shape index (κ2) is 8.52. The Bertz CT molecular complexity index is 1390. The van der Waals surface area contributed by atoms with Gasteiger partial charge in [-0.15, -0.1) is 0 Å². The molecule has 1 amide bonds. The quantitative estimate of drug-likeness (QED) is 0.415. The molecule has 160 valence electrons. The number of benzene rings is 2. The monoisotopic (exact) mass is 427 g/mol. The van der Waals surface area contributed by atoms with Crippen molar-refractivity contribution in [1.82, 2.24) is 19.2 Å². The van der Waals surface area contributed by atoms with Crippen molar-refractivity contribution in [1.29, 1.82) is 0 Å². The number of anilines is 1. The van der Waals surface area contributed by atoms with E-state index in [9.17, 15) is 4.79 Å². The summed E-state index contributed by atoms with van der Waals surface area (Å²) < 4.78 is 9.02. The fraction of sp³-hybridized carbons (Fsp3) is 0.125. The molecule has 0 aliphatic rings. The molecule has 3 aromatic heterocycles. The maximum absolute atomic E-state index is 13.0. The zero-order valence-corrected chi connectivity index (χ0v) is 17.2. The van der Waals surface area contributed by atoms with Crippen LogP contribution in [0, 0.1) is 0 Å². The third kappa shape index (κ3) is 3.79. The molecule has 0 saturated carbocycles. The number of carbonyl (C=O) groups is 1. The summed E-state index contributed by atoms with van der Waals surface area (Å²) in [5.41, 5.74) is 3.77. The van der Waals surface area contributed by atoms with Crippen LogP contribution in [0.1, 0.15) is 16.1 Å². The van der Waals surface area contributed by atoms with Gasteiger partial charge in [0, 0.05) is 17.6 Å². The highest BCUT2D eigenvalue weighted by atomic mass is 16.5. The van der Waals surface area contributed by atoms with E-state index in [2.05, 4.69) is 27.5 Å². The van der Waals surface area contributed by atoms with E-state index in [1.54, 1.807) is 28.9 Å². The molecule has 0 spiro atoms. The number of hydrogen-bond donors (Lipinski definition) is 2. The van der Waals surface area contributed by atoms with E-state index in [1.807, 2.05) is 41.1 Å². The van der Waals surface area contributed by atoms with Crippen LogP contribution in [0.15, 0.2) is 79.3 Å². The van der Waals surface area contributed by atoms with Crippen LogP contribution < -0.4 is 10.1 Å². The van der Waals surface area contributed by atoms with Crippen LogP contribution in [0.2, 0.25) is 0 Å². The SMILES string of the molecule is O=C(Nc1cccc2c1cnn2Cc1ccccc1)c1cnc2cc(OCCO)ccn12. The minimum atomic E-state index is -0.273. The minimum Gasteiger partial charge on any atom is -0.491 e. The molecular formula is C24H21N5O3. The van der Waals surface area contributed by atoms with E-state index in [4.69, 9.17) is 9.84 Å². The summed E-state index contributed by atoms with van der Waals surface area (Å²) in [5.74, 6) is 0.310. The van der Waals surface area contributed by atoms with Gasteiger partial charge in [-0.3, -0.25) is 13.9 Å². The minimum absolute atomic E-state index is 0.0687. The number of aromatic nitrogens is 4. The number of nitrogens with one attached hydrogen (secondary N) is 1. The molecule has 5 rings (SSSR count). The van der Waals surface area contributed by atoms with E-state index < -0.39 is 0 Å². The lowest BCUT2D eigenvalue weighted by atomic mass is 10.2. The summed E-state index contributed by atoms with van der Waals surface area (Å²) >= 11 is 0. The fourth-order valence-electron chi connectivity index (χ4n) is 3.66. The molecule has 8 nitrogen and oxygen atoms in total. The van der Waals surface area contributed by atoms with Crippen molar-refractivity contribution >= 4 is 28.1 Å². The number of nitrogens with zero attached hydrogens (tertiary/aromatic N) is 4. The molecule has 3 heterocycles. The molecule has 0 saturated heterocycles. The second-order valence-electron chi connectivity index (χ2n) is 7.29. The summed E-state index contributed by atoms with van der Waals surface area (Å²) in [6.45, 7) is 0.780. The Morgan fingerprint density at radius 2 is 1.94 bits per heavy atom. The van der Waals surface area contributed by atoms with Crippen LogP contribution in [-0.4, -0.2) is 43.4 Å². The smallest absolute Gasteiger partial charge is 0.274 e. The topological polar surface area (TPSA) is 93.7 Å². The van der Waals surface area contributed by atoms with Crippen LogP contribution in [0.5, 0.6) is 5.75 Å². The van der Waals surface area contributed by atoms with Gasteiger partial charge in [0.05, 0.1) is 36.7 Å². The number of hydrogen-bond acceptors (Lipinski definition) is 5. The lowest BCUT2D eigenvalue weighted by Crippen LogP contribution is -2.14. The van der Waals surface area contributed by atoms with Gasteiger partial charge in [-0.05, 0) is 23.8 Å². The average Bonchev–Trinajstić information content (AvgIpc) is 3.43. The predicted molar refractivity (Wildman–Crippen MR) is 121 cm³/mol. The summed E-state index contributed by atoms with van der Waals surface area (Å²) in [6.07, 6.45) is 5.02. The van der Waals surface area contributed by atoms with Crippen LogP contribution >= 0.6 is 0 Å². The van der Waals surface area contributed by atoms with Gasteiger partial charge in [0.15, 0.2) is 0 Å². The first-order valence-corrected chi connectivity index (χ1v) is 10.2. The van der Waals surface area contributed by atoms with Gasteiger partial charge in [-0.2, -0.15) is 5.10 Å². The van der Waals surface area contributed by atoms with Crippen LogP contribution in [-0.2, 0) is 6.54 Å². The normalized spacial score (nSPS) is 11.2. The van der Waals surface area contributed by atoms with Gasteiger partial charge in [0.25, 0.3) is 5.91 Å². The lowest BCUT2D eigenvalue weighted by molar-refractivity contribution is 0.102. The molecule has 2 N–H and O–H groups in total. The van der Waals surface area contributed by atoms with Gasteiger partial charge in [0.1, 0.15) is 23.7 Å². The Balaban J connectivity index is 1.40. The summed E-state index contributed by atoms with van der Waals surface area (Å²) in [5, 5.41) is 17.3. The third-order valence-corrected chi connectivity index (χ3v) is 5.19. The van der Waals surface area contributed by atoms with Gasteiger partial charge < -0.3 is 15.2 Å². The molecule has 0 radical (unpaired) electrons. The summed E-state index contributed by atoms with van der Waals surface area (Å²) in [4.78, 5) is 17.3. The largest absolute Gasteiger partial charge is 0.491 e. The van der Waals surface area contributed by atoms with E-state index in [-0.39, 0.29) is 19.1 Å². The van der Waals surface area contributed by atoms with Gasteiger partial charge in [-0.25, -0.2) is 4.98 Å². The Morgan fingerprint density at radius 1 is 1.06 bits per heavy atom. The van der Waals surface area contributed by atoms with Crippen molar-refractivity contribution < 1.29 is 14.6 Å². The fourth-order valence-corrected chi connectivity index (χ4v) is 3.66. The molecular weight excluding hydrogens is 406 g/mol. The first-order chi connectivity index (χ1) is 15.7. The first kappa shape index (κ1) is 19.8. The molecule has 2 aromatic carbocycles. The highest BCUT2D eigenvalue weighted by Gasteiger charge is 2.15. The first-order valence-electron chi connectivity index (χ1n) is 10.2.